The lowest BCUT2D eigenvalue weighted by Gasteiger charge is -2.10. The van der Waals surface area contributed by atoms with Gasteiger partial charge in [-0.1, -0.05) is 13.0 Å². The highest BCUT2D eigenvalue weighted by atomic mass is 19.1. The van der Waals surface area contributed by atoms with Crippen molar-refractivity contribution in [2.75, 3.05) is 6.54 Å². The Balaban J connectivity index is 2.42. The first-order valence-electron chi connectivity index (χ1n) is 5.97. The maximum atomic E-state index is 13.9. The minimum absolute atomic E-state index is 0.152. The maximum absolute atomic E-state index is 13.9. The van der Waals surface area contributed by atoms with Crippen molar-refractivity contribution in [3.8, 4) is 5.69 Å². The molecular formula is C13H15FN4O. The van der Waals surface area contributed by atoms with Crippen LogP contribution < -0.4 is 11.1 Å². The van der Waals surface area contributed by atoms with Gasteiger partial charge in [-0.05, 0) is 24.7 Å². The van der Waals surface area contributed by atoms with Gasteiger partial charge >= 0.3 is 0 Å². The summed E-state index contributed by atoms with van der Waals surface area (Å²) in [7, 11) is 0. The molecule has 1 aromatic carbocycles. The molecule has 3 N–H and O–H groups in total. The van der Waals surface area contributed by atoms with E-state index >= 15 is 0 Å². The number of nitrogens with zero attached hydrogens (tertiary/aromatic N) is 2. The standard InChI is InChI=1S/C13H15FN4O/c1-2-16-8-9-10(14)4-3-5-12(9)18-7-6-11(17-18)13(15)19/h3-7,16H,2,8H2,1H3,(H2,15,19). The van der Waals surface area contributed by atoms with Crippen LogP contribution in [0.15, 0.2) is 30.5 Å². The van der Waals surface area contributed by atoms with E-state index in [9.17, 15) is 9.18 Å². The third-order valence-corrected chi connectivity index (χ3v) is 2.73. The SMILES string of the molecule is CCNCc1c(F)cccc1-n1ccc(C(N)=O)n1. The predicted molar refractivity (Wildman–Crippen MR) is 69.4 cm³/mol. The largest absolute Gasteiger partial charge is 0.364 e. The molecular weight excluding hydrogens is 247 g/mol. The smallest absolute Gasteiger partial charge is 0.269 e. The molecule has 1 aromatic heterocycles. The molecule has 0 unspecified atom stereocenters. The van der Waals surface area contributed by atoms with Crippen LogP contribution in [-0.2, 0) is 6.54 Å². The number of hydrogen-bond donors (Lipinski definition) is 2. The molecule has 0 saturated heterocycles. The van der Waals surface area contributed by atoms with Crippen LogP contribution in [0.5, 0.6) is 0 Å². The molecule has 0 aliphatic carbocycles. The first kappa shape index (κ1) is 13.2. The van der Waals surface area contributed by atoms with Crippen LogP contribution in [0.1, 0.15) is 23.0 Å². The third kappa shape index (κ3) is 2.79. The average Bonchev–Trinajstić information content (AvgIpc) is 2.86. The van der Waals surface area contributed by atoms with E-state index in [1.165, 1.54) is 16.8 Å². The fraction of sp³-hybridized carbons (Fsp3) is 0.231. The van der Waals surface area contributed by atoms with Gasteiger partial charge in [0.15, 0.2) is 0 Å². The van der Waals surface area contributed by atoms with Gasteiger partial charge in [-0.15, -0.1) is 0 Å². The Kier molecular flexibility index (Phi) is 3.91. The van der Waals surface area contributed by atoms with Crippen molar-refractivity contribution in [1.82, 2.24) is 15.1 Å². The molecule has 1 amide bonds. The molecule has 0 bridgehead atoms. The topological polar surface area (TPSA) is 72.9 Å². The summed E-state index contributed by atoms with van der Waals surface area (Å²) >= 11 is 0. The zero-order valence-corrected chi connectivity index (χ0v) is 10.6. The Morgan fingerprint density at radius 2 is 2.26 bits per heavy atom. The van der Waals surface area contributed by atoms with Crippen LogP contribution in [0.3, 0.4) is 0 Å². The minimum atomic E-state index is -0.608. The molecule has 100 valence electrons. The van der Waals surface area contributed by atoms with Crippen LogP contribution in [0.25, 0.3) is 5.69 Å². The zero-order chi connectivity index (χ0) is 13.8. The lowest BCUT2D eigenvalue weighted by atomic mass is 10.1. The van der Waals surface area contributed by atoms with Gasteiger partial charge < -0.3 is 11.1 Å². The molecule has 2 rings (SSSR count). The van der Waals surface area contributed by atoms with Gasteiger partial charge in [-0.2, -0.15) is 5.10 Å². The molecule has 0 fully saturated rings. The van der Waals surface area contributed by atoms with Gasteiger partial charge in [0, 0.05) is 18.3 Å². The number of nitrogens with two attached hydrogens (primary N) is 1. The maximum Gasteiger partial charge on any atom is 0.269 e. The van der Waals surface area contributed by atoms with Crippen molar-refractivity contribution < 1.29 is 9.18 Å². The number of rotatable bonds is 5. The van der Waals surface area contributed by atoms with Crippen molar-refractivity contribution in [2.24, 2.45) is 5.73 Å². The summed E-state index contributed by atoms with van der Waals surface area (Å²) in [4.78, 5) is 11.0. The molecule has 0 radical (unpaired) electrons. The fourth-order valence-corrected chi connectivity index (χ4v) is 1.78. The lowest BCUT2D eigenvalue weighted by molar-refractivity contribution is 0.0995. The van der Waals surface area contributed by atoms with Gasteiger partial charge in [0.1, 0.15) is 11.5 Å². The number of hydrogen-bond acceptors (Lipinski definition) is 3. The van der Waals surface area contributed by atoms with Crippen LogP contribution in [0, 0.1) is 5.82 Å². The van der Waals surface area contributed by atoms with E-state index in [2.05, 4.69) is 10.4 Å². The summed E-state index contributed by atoms with van der Waals surface area (Å²) in [6.45, 7) is 3.07. The number of carbonyl (C=O) groups is 1. The van der Waals surface area contributed by atoms with Crippen LogP contribution >= 0.6 is 0 Å². The summed E-state index contributed by atoms with van der Waals surface area (Å²) in [5.74, 6) is -0.919. The van der Waals surface area contributed by atoms with Gasteiger partial charge in [-0.3, -0.25) is 4.79 Å². The van der Waals surface area contributed by atoms with Crippen molar-refractivity contribution >= 4 is 5.91 Å². The monoisotopic (exact) mass is 262 g/mol. The van der Waals surface area contributed by atoms with Gasteiger partial charge in [0.25, 0.3) is 5.91 Å². The minimum Gasteiger partial charge on any atom is -0.364 e. The molecule has 0 aliphatic rings. The van der Waals surface area contributed by atoms with Gasteiger partial charge in [0.05, 0.1) is 5.69 Å². The second-order valence-corrected chi connectivity index (χ2v) is 4.03. The predicted octanol–water partition coefficient (Wildman–Crippen LogP) is 1.22. The molecule has 2 aromatic rings. The van der Waals surface area contributed by atoms with E-state index in [1.807, 2.05) is 6.92 Å². The lowest BCUT2D eigenvalue weighted by Crippen LogP contribution is -2.16. The quantitative estimate of drug-likeness (QED) is 0.851. The molecule has 6 heteroatoms. The summed E-state index contributed by atoms with van der Waals surface area (Å²) < 4.78 is 15.3. The third-order valence-electron chi connectivity index (χ3n) is 2.73. The Morgan fingerprint density at radius 1 is 1.47 bits per heavy atom. The van der Waals surface area contributed by atoms with Crippen LogP contribution in [0.2, 0.25) is 0 Å². The Hall–Kier alpha value is -2.21. The number of nitrogens with one attached hydrogen (secondary N) is 1. The molecule has 0 atom stereocenters. The summed E-state index contributed by atoms with van der Waals surface area (Å²) in [6.07, 6.45) is 1.59. The highest BCUT2D eigenvalue weighted by molar-refractivity contribution is 5.90. The Bertz CT molecular complexity index is 594. The van der Waals surface area contributed by atoms with E-state index in [1.54, 1.807) is 18.3 Å². The van der Waals surface area contributed by atoms with Crippen molar-refractivity contribution in [1.29, 1.82) is 0 Å². The number of aromatic nitrogens is 2. The number of amides is 1. The normalized spacial score (nSPS) is 10.6. The number of benzene rings is 1. The Morgan fingerprint density at radius 3 is 2.89 bits per heavy atom. The molecule has 19 heavy (non-hydrogen) atoms. The second-order valence-electron chi connectivity index (χ2n) is 4.03. The summed E-state index contributed by atoms with van der Waals surface area (Å²) in [5, 5.41) is 7.11. The molecule has 5 nitrogen and oxygen atoms in total. The fourth-order valence-electron chi connectivity index (χ4n) is 1.78. The summed E-state index contributed by atoms with van der Waals surface area (Å²) in [6, 6.07) is 6.25. The van der Waals surface area contributed by atoms with Crippen LogP contribution in [0.4, 0.5) is 4.39 Å². The van der Waals surface area contributed by atoms with Crippen molar-refractivity contribution in [3.63, 3.8) is 0 Å². The highest BCUT2D eigenvalue weighted by Gasteiger charge is 2.12. The molecule has 0 spiro atoms. The second kappa shape index (κ2) is 5.62. The van der Waals surface area contributed by atoms with Gasteiger partial charge in [-0.25, -0.2) is 9.07 Å². The van der Waals surface area contributed by atoms with E-state index in [-0.39, 0.29) is 11.5 Å². The van der Waals surface area contributed by atoms with E-state index in [0.29, 0.717) is 17.8 Å². The number of primary amides is 1. The van der Waals surface area contributed by atoms with E-state index < -0.39 is 5.91 Å². The van der Waals surface area contributed by atoms with E-state index in [0.717, 1.165) is 6.54 Å². The average molecular weight is 262 g/mol. The van der Waals surface area contributed by atoms with Crippen molar-refractivity contribution in [2.45, 2.75) is 13.5 Å². The summed E-state index contributed by atoms with van der Waals surface area (Å²) in [5.41, 5.74) is 6.40. The Labute approximate surface area is 110 Å². The molecule has 0 saturated carbocycles. The van der Waals surface area contributed by atoms with Crippen LogP contribution in [-0.4, -0.2) is 22.2 Å². The first-order valence-corrected chi connectivity index (χ1v) is 5.97. The van der Waals surface area contributed by atoms with E-state index in [4.69, 9.17) is 5.73 Å². The number of carbonyl (C=O) groups excluding carboxylic acids is 1. The first-order chi connectivity index (χ1) is 9.13. The van der Waals surface area contributed by atoms with Crippen molar-refractivity contribution in [3.05, 3.63) is 47.5 Å². The molecule has 0 aliphatic heterocycles. The number of halogens is 1. The molecule has 1 heterocycles. The zero-order valence-electron chi connectivity index (χ0n) is 10.6. The highest BCUT2D eigenvalue weighted by Crippen LogP contribution is 2.17. The van der Waals surface area contributed by atoms with Gasteiger partial charge in [0.2, 0.25) is 0 Å².